The number of rotatable bonds is 3. The Morgan fingerprint density at radius 2 is 1.85 bits per heavy atom. The van der Waals surface area contributed by atoms with Crippen LogP contribution in [-0.2, 0) is 0 Å². The SMILES string of the molecule is CN(c1ccc(C(=O)O)cc1)c1ccc2nc[nH]c2c1. The van der Waals surface area contributed by atoms with Crippen molar-refractivity contribution in [3.05, 3.63) is 54.4 Å². The molecule has 5 heteroatoms. The second-order valence-corrected chi connectivity index (χ2v) is 4.52. The summed E-state index contributed by atoms with van der Waals surface area (Å²) < 4.78 is 0. The van der Waals surface area contributed by atoms with Crippen LogP contribution in [0.4, 0.5) is 11.4 Å². The van der Waals surface area contributed by atoms with E-state index in [0.29, 0.717) is 0 Å². The van der Waals surface area contributed by atoms with Crippen molar-refractivity contribution in [2.45, 2.75) is 0 Å². The Balaban J connectivity index is 1.94. The third kappa shape index (κ3) is 2.09. The van der Waals surface area contributed by atoms with E-state index < -0.39 is 5.97 Å². The molecule has 100 valence electrons. The first-order valence-corrected chi connectivity index (χ1v) is 6.15. The van der Waals surface area contributed by atoms with Gasteiger partial charge in [-0.1, -0.05) is 0 Å². The van der Waals surface area contributed by atoms with E-state index >= 15 is 0 Å². The number of hydrogen-bond donors (Lipinski definition) is 2. The minimum atomic E-state index is -0.918. The first-order valence-electron chi connectivity index (χ1n) is 6.15. The summed E-state index contributed by atoms with van der Waals surface area (Å²) in [6.07, 6.45) is 1.66. The maximum absolute atomic E-state index is 10.8. The number of hydrogen-bond acceptors (Lipinski definition) is 3. The van der Waals surface area contributed by atoms with Crippen LogP contribution >= 0.6 is 0 Å². The molecular weight excluding hydrogens is 254 g/mol. The molecule has 0 amide bonds. The van der Waals surface area contributed by atoms with Gasteiger partial charge in [-0.3, -0.25) is 0 Å². The number of carboxylic acid groups (broad SMARTS) is 1. The minimum absolute atomic E-state index is 0.283. The van der Waals surface area contributed by atoms with Gasteiger partial charge in [0.25, 0.3) is 0 Å². The Morgan fingerprint density at radius 3 is 2.55 bits per heavy atom. The Labute approximate surface area is 115 Å². The van der Waals surface area contributed by atoms with Gasteiger partial charge in [-0.15, -0.1) is 0 Å². The molecule has 0 radical (unpaired) electrons. The van der Waals surface area contributed by atoms with Crippen LogP contribution in [0.2, 0.25) is 0 Å². The summed E-state index contributed by atoms with van der Waals surface area (Å²) in [6.45, 7) is 0. The van der Waals surface area contributed by atoms with Crippen LogP contribution in [0.25, 0.3) is 11.0 Å². The van der Waals surface area contributed by atoms with E-state index in [0.717, 1.165) is 22.4 Å². The molecule has 2 N–H and O–H groups in total. The highest BCUT2D eigenvalue weighted by Crippen LogP contribution is 2.26. The summed E-state index contributed by atoms with van der Waals surface area (Å²) in [5.41, 5.74) is 4.10. The summed E-state index contributed by atoms with van der Waals surface area (Å²) in [4.78, 5) is 20.1. The Hall–Kier alpha value is -2.82. The maximum atomic E-state index is 10.8. The number of nitrogens with one attached hydrogen (secondary N) is 1. The van der Waals surface area contributed by atoms with Crippen LogP contribution in [0, 0.1) is 0 Å². The normalized spacial score (nSPS) is 10.7. The molecule has 0 unspecified atom stereocenters. The lowest BCUT2D eigenvalue weighted by molar-refractivity contribution is 0.0697. The molecule has 0 spiro atoms. The van der Waals surface area contributed by atoms with E-state index in [2.05, 4.69) is 9.97 Å². The number of anilines is 2. The van der Waals surface area contributed by atoms with Gasteiger partial charge in [0.2, 0.25) is 0 Å². The lowest BCUT2D eigenvalue weighted by atomic mass is 10.2. The maximum Gasteiger partial charge on any atom is 0.335 e. The summed E-state index contributed by atoms with van der Waals surface area (Å²) in [5.74, 6) is -0.918. The molecule has 0 atom stereocenters. The second kappa shape index (κ2) is 4.70. The second-order valence-electron chi connectivity index (χ2n) is 4.52. The van der Waals surface area contributed by atoms with Gasteiger partial charge in [-0.25, -0.2) is 9.78 Å². The number of fused-ring (bicyclic) bond motifs is 1. The molecule has 3 aromatic rings. The quantitative estimate of drug-likeness (QED) is 0.765. The van der Waals surface area contributed by atoms with E-state index in [1.54, 1.807) is 30.6 Å². The number of aromatic carboxylic acids is 1. The van der Waals surface area contributed by atoms with Gasteiger partial charge in [0, 0.05) is 18.4 Å². The molecule has 0 fully saturated rings. The zero-order valence-corrected chi connectivity index (χ0v) is 10.9. The van der Waals surface area contributed by atoms with Crippen molar-refractivity contribution >= 4 is 28.4 Å². The number of imidazole rings is 1. The average molecular weight is 267 g/mol. The highest BCUT2D eigenvalue weighted by atomic mass is 16.4. The van der Waals surface area contributed by atoms with Gasteiger partial charge in [0.15, 0.2) is 0 Å². The fourth-order valence-electron chi connectivity index (χ4n) is 2.11. The smallest absolute Gasteiger partial charge is 0.335 e. The van der Waals surface area contributed by atoms with Crippen molar-refractivity contribution < 1.29 is 9.90 Å². The van der Waals surface area contributed by atoms with Crippen LogP contribution in [0.15, 0.2) is 48.8 Å². The number of H-pyrrole nitrogens is 1. The molecule has 0 bridgehead atoms. The standard InChI is InChI=1S/C15H13N3O2/c1-18(11-4-2-10(3-5-11)15(19)20)12-6-7-13-14(8-12)17-9-16-13/h2-9H,1H3,(H,16,17)(H,19,20). The lowest BCUT2D eigenvalue weighted by Crippen LogP contribution is -2.09. The first-order chi connectivity index (χ1) is 9.65. The molecule has 0 saturated carbocycles. The molecule has 0 saturated heterocycles. The Kier molecular flexibility index (Phi) is 2.87. The number of aromatic nitrogens is 2. The van der Waals surface area contributed by atoms with Crippen molar-refractivity contribution in [3.8, 4) is 0 Å². The van der Waals surface area contributed by atoms with Crippen molar-refractivity contribution in [2.24, 2.45) is 0 Å². The van der Waals surface area contributed by atoms with E-state index in [4.69, 9.17) is 5.11 Å². The molecule has 0 aliphatic carbocycles. The van der Waals surface area contributed by atoms with Crippen molar-refractivity contribution in [3.63, 3.8) is 0 Å². The summed E-state index contributed by atoms with van der Waals surface area (Å²) in [7, 11) is 1.94. The van der Waals surface area contributed by atoms with Crippen LogP contribution in [0.1, 0.15) is 10.4 Å². The van der Waals surface area contributed by atoms with Crippen LogP contribution in [0.5, 0.6) is 0 Å². The third-order valence-corrected chi connectivity index (χ3v) is 3.29. The number of aromatic amines is 1. The monoisotopic (exact) mass is 267 g/mol. The number of carbonyl (C=O) groups is 1. The predicted molar refractivity (Wildman–Crippen MR) is 77.6 cm³/mol. The fraction of sp³-hybridized carbons (Fsp3) is 0.0667. The number of carboxylic acids is 1. The minimum Gasteiger partial charge on any atom is -0.478 e. The van der Waals surface area contributed by atoms with Gasteiger partial charge < -0.3 is 15.0 Å². The zero-order valence-electron chi connectivity index (χ0n) is 10.9. The number of benzene rings is 2. The van der Waals surface area contributed by atoms with Crippen molar-refractivity contribution in [1.29, 1.82) is 0 Å². The van der Waals surface area contributed by atoms with Crippen molar-refractivity contribution in [1.82, 2.24) is 9.97 Å². The average Bonchev–Trinajstić information content (AvgIpc) is 2.94. The fourth-order valence-corrected chi connectivity index (χ4v) is 2.11. The molecule has 2 aromatic carbocycles. The zero-order chi connectivity index (χ0) is 14.1. The molecule has 0 aliphatic rings. The molecule has 20 heavy (non-hydrogen) atoms. The molecule has 0 aliphatic heterocycles. The summed E-state index contributed by atoms with van der Waals surface area (Å²) in [6, 6.07) is 12.7. The van der Waals surface area contributed by atoms with E-state index in [-0.39, 0.29) is 5.56 Å². The third-order valence-electron chi connectivity index (χ3n) is 3.29. The van der Waals surface area contributed by atoms with Gasteiger partial charge in [-0.2, -0.15) is 0 Å². The summed E-state index contributed by atoms with van der Waals surface area (Å²) >= 11 is 0. The molecule has 1 aromatic heterocycles. The van der Waals surface area contributed by atoms with Crippen molar-refractivity contribution in [2.75, 3.05) is 11.9 Å². The molecular formula is C15H13N3O2. The van der Waals surface area contributed by atoms with E-state index in [1.807, 2.05) is 30.1 Å². The van der Waals surface area contributed by atoms with Gasteiger partial charge in [0.05, 0.1) is 22.9 Å². The lowest BCUT2D eigenvalue weighted by Gasteiger charge is -2.19. The van der Waals surface area contributed by atoms with E-state index in [1.165, 1.54) is 0 Å². The van der Waals surface area contributed by atoms with Crippen LogP contribution in [-0.4, -0.2) is 28.1 Å². The Morgan fingerprint density at radius 1 is 1.15 bits per heavy atom. The topological polar surface area (TPSA) is 69.2 Å². The van der Waals surface area contributed by atoms with Gasteiger partial charge in [0.1, 0.15) is 0 Å². The van der Waals surface area contributed by atoms with Crippen LogP contribution in [0.3, 0.4) is 0 Å². The number of nitrogens with zero attached hydrogens (tertiary/aromatic N) is 2. The van der Waals surface area contributed by atoms with E-state index in [9.17, 15) is 4.79 Å². The molecule has 3 rings (SSSR count). The molecule has 1 heterocycles. The predicted octanol–water partition coefficient (Wildman–Crippen LogP) is 3.03. The van der Waals surface area contributed by atoms with Gasteiger partial charge in [-0.05, 0) is 42.5 Å². The largest absolute Gasteiger partial charge is 0.478 e. The Bertz CT molecular complexity index is 762. The summed E-state index contributed by atoms with van der Waals surface area (Å²) in [5, 5.41) is 8.90. The highest BCUT2D eigenvalue weighted by molar-refractivity contribution is 5.88. The van der Waals surface area contributed by atoms with Gasteiger partial charge >= 0.3 is 5.97 Å². The highest BCUT2D eigenvalue weighted by Gasteiger charge is 2.07. The van der Waals surface area contributed by atoms with Crippen LogP contribution < -0.4 is 4.90 Å². The first kappa shape index (κ1) is 12.2. The molecule has 5 nitrogen and oxygen atoms in total.